The Morgan fingerprint density at radius 2 is 2.18 bits per heavy atom. The molecule has 5 nitrogen and oxygen atoms in total. The molecule has 1 aliphatic heterocycles. The zero-order valence-electron chi connectivity index (χ0n) is 11.5. The summed E-state index contributed by atoms with van der Waals surface area (Å²) < 4.78 is 0. The van der Waals surface area contributed by atoms with Gasteiger partial charge in [-0.05, 0) is 19.1 Å². The maximum absolute atomic E-state index is 4.51. The molecule has 0 aliphatic carbocycles. The van der Waals surface area contributed by atoms with Crippen molar-refractivity contribution < 1.29 is 0 Å². The van der Waals surface area contributed by atoms with Gasteiger partial charge in [-0.3, -0.25) is 10.4 Å². The average molecular weight is 259 g/mol. The lowest BCUT2D eigenvalue weighted by Gasteiger charge is -2.38. The van der Waals surface area contributed by atoms with Crippen molar-refractivity contribution in [1.29, 1.82) is 0 Å². The van der Waals surface area contributed by atoms with Gasteiger partial charge < -0.3 is 0 Å². The zero-order valence-corrected chi connectivity index (χ0v) is 12.3. The van der Waals surface area contributed by atoms with Crippen LogP contribution in [0.15, 0.2) is 4.99 Å². The number of aliphatic imine (C=N–C) groups is 1. The van der Waals surface area contributed by atoms with E-state index in [0.717, 1.165) is 13.2 Å². The molecule has 1 rings (SSSR count). The Bertz CT molecular complexity index is 246. The van der Waals surface area contributed by atoms with Crippen LogP contribution in [0.25, 0.3) is 0 Å². The van der Waals surface area contributed by atoms with Crippen molar-refractivity contribution in [2.24, 2.45) is 10.9 Å². The molecule has 0 aromatic heterocycles. The predicted octanol–water partition coefficient (Wildman–Crippen LogP) is 1.31. The summed E-state index contributed by atoms with van der Waals surface area (Å²) in [6.45, 7) is 10.4. The Morgan fingerprint density at radius 1 is 1.47 bits per heavy atom. The molecule has 0 spiro atoms. The molecule has 2 atom stereocenters. The molecule has 0 fully saturated rings. The standard InChI is InChI=1S/C11H25N5S/c1-6-13-16-8-15(7-12-11(16)17-5)14-10(4)9(2)3/h7,9-11,13-14H,6,8H2,1-5H3. The second-order valence-electron chi connectivity index (χ2n) is 4.58. The van der Waals surface area contributed by atoms with Gasteiger partial charge in [-0.25, -0.2) is 10.4 Å². The second-order valence-corrected chi connectivity index (χ2v) is 5.47. The lowest BCUT2D eigenvalue weighted by atomic mass is 10.1. The summed E-state index contributed by atoms with van der Waals surface area (Å²) in [5.74, 6) is 0.606. The highest BCUT2D eigenvalue weighted by Crippen LogP contribution is 2.15. The van der Waals surface area contributed by atoms with Gasteiger partial charge in [0.05, 0.1) is 0 Å². The van der Waals surface area contributed by atoms with Crippen LogP contribution in [-0.4, -0.2) is 47.4 Å². The predicted molar refractivity (Wildman–Crippen MR) is 75.5 cm³/mol. The summed E-state index contributed by atoms with van der Waals surface area (Å²) >= 11 is 1.73. The van der Waals surface area contributed by atoms with Crippen molar-refractivity contribution in [3.8, 4) is 0 Å². The highest BCUT2D eigenvalue weighted by atomic mass is 32.2. The van der Waals surface area contributed by atoms with Crippen molar-refractivity contribution in [3.05, 3.63) is 0 Å². The minimum absolute atomic E-state index is 0.169. The maximum atomic E-state index is 4.51. The monoisotopic (exact) mass is 259 g/mol. The number of nitrogens with zero attached hydrogens (tertiary/aromatic N) is 3. The fraction of sp³-hybridized carbons (Fsp3) is 0.909. The lowest BCUT2D eigenvalue weighted by molar-refractivity contribution is 0.0689. The minimum atomic E-state index is 0.169. The van der Waals surface area contributed by atoms with Crippen LogP contribution in [0.2, 0.25) is 0 Å². The molecule has 17 heavy (non-hydrogen) atoms. The third-order valence-electron chi connectivity index (χ3n) is 2.85. The molecule has 0 aromatic rings. The number of hydrogen-bond donors (Lipinski definition) is 2. The van der Waals surface area contributed by atoms with Crippen molar-refractivity contribution in [2.75, 3.05) is 19.5 Å². The van der Waals surface area contributed by atoms with Crippen LogP contribution in [0.3, 0.4) is 0 Å². The van der Waals surface area contributed by atoms with Gasteiger partial charge >= 0.3 is 0 Å². The topological polar surface area (TPSA) is 42.9 Å². The highest BCUT2D eigenvalue weighted by Gasteiger charge is 2.23. The molecule has 0 aromatic carbocycles. The molecule has 0 saturated carbocycles. The quantitative estimate of drug-likeness (QED) is 0.753. The molecular weight excluding hydrogens is 234 g/mol. The summed E-state index contributed by atoms with van der Waals surface area (Å²) in [4.78, 5) is 4.51. The molecule has 2 unspecified atom stereocenters. The first-order valence-electron chi connectivity index (χ1n) is 6.17. The van der Waals surface area contributed by atoms with Gasteiger partial charge in [0.25, 0.3) is 0 Å². The van der Waals surface area contributed by atoms with Crippen LogP contribution < -0.4 is 10.9 Å². The van der Waals surface area contributed by atoms with Gasteiger partial charge in [0, 0.05) is 12.6 Å². The summed E-state index contributed by atoms with van der Waals surface area (Å²) in [6.07, 6.45) is 3.97. The molecule has 0 bridgehead atoms. The van der Waals surface area contributed by atoms with E-state index in [2.05, 4.69) is 54.8 Å². The second kappa shape index (κ2) is 7.20. The summed E-state index contributed by atoms with van der Waals surface area (Å²) in [5.41, 5.74) is 6.95. The molecule has 0 amide bonds. The minimum Gasteiger partial charge on any atom is -0.282 e. The van der Waals surface area contributed by atoms with Gasteiger partial charge in [-0.2, -0.15) is 5.01 Å². The Balaban J connectivity index is 2.54. The molecule has 6 heteroatoms. The van der Waals surface area contributed by atoms with Crippen molar-refractivity contribution >= 4 is 18.1 Å². The third-order valence-corrected chi connectivity index (χ3v) is 3.64. The normalized spacial score (nSPS) is 23.4. The Labute approximate surface area is 109 Å². The van der Waals surface area contributed by atoms with Crippen molar-refractivity contribution in [1.82, 2.24) is 20.9 Å². The van der Waals surface area contributed by atoms with E-state index < -0.39 is 0 Å². The molecule has 0 radical (unpaired) electrons. The van der Waals surface area contributed by atoms with E-state index in [0.29, 0.717) is 12.0 Å². The Morgan fingerprint density at radius 3 is 2.71 bits per heavy atom. The molecule has 1 heterocycles. The van der Waals surface area contributed by atoms with E-state index >= 15 is 0 Å². The zero-order chi connectivity index (χ0) is 12.8. The van der Waals surface area contributed by atoms with Gasteiger partial charge in [0.15, 0.2) is 5.50 Å². The fourth-order valence-corrected chi connectivity index (χ4v) is 2.06. The van der Waals surface area contributed by atoms with Crippen LogP contribution in [0, 0.1) is 5.92 Å². The Kier molecular flexibility index (Phi) is 6.26. The van der Waals surface area contributed by atoms with E-state index in [1.54, 1.807) is 11.8 Å². The molecule has 0 saturated heterocycles. The first kappa shape index (κ1) is 14.8. The van der Waals surface area contributed by atoms with Crippen LogP contribution in [0.5, 0.6) is 0 Å². The van der Waals surface area contributed by atoms with Gasteiger partial charge in [0.2, 0.25) is 0 Å². The van der Waals surface area contributed by atoms with Gasteiger partial charge in [-0.15, -0.1) is 11.8 Å². The number of rotatable bonds is 6. The molecule has 1 aliphatic rings. The number of thioether (sulfide) groups is 1. The number of hydrogen-bond acceptors (Lipinski definition) is 6. The van der Waals surface area contributed by atoms with Gasteiger partial charge in [-0.1, -0.05) is 20.8 Å². The summed E-state index contributed by atoms with van der Waals surface area (Å²) in [7, 11) is 0. The smallest absolute Gasteiger partial charge is 0.164 e. The largest absolute Gasteiger partial charge is 0.282 e. The van der Waals surface area contributed by atoms with Crippen molar-refractivity contribution in [2.45, 2.75) is 39.2 Å². The van der Waals surface area contributed by atoms with Crippen LogP contribution in [0.4, 0.5) is 0 Å². The first-order chi connectivity index (χ1) is 8.08. The third kappa shape index (κ3) is 4.46. The number of nitrogens with one attached hydrogen (secondary N) is 2. The summed E-state index contributed by atoms with van der Waals surface area (Å²) in [6, 6.07) is 0.441. The highest BCUT2D eigenvalue weighted by molar-refractivity contribution is 7.99. The molecular formula is C11H25N5S. The Hall–Kier alpha value is -0.300. The molecule has 2 N–H and O–H groups in total. The first-order valence-corrected chi connectivity index (χ1v) is 7.46. The summed E-state index contributed by atoms with van der Waals surface area (Å²) in [5, 5.41) is 4.19. The molecule has 100 valence electrons. The van der Waals surface area contributed by atoms with Crippen LogP contribution in [-0.2, 0) is 0 Å². The number of hydrazine groups is 2. The van der Waals surface area contributed by atoms with Crippen LogP contribution >= 0.6 is 11.8 Å². The van der Waals surface area contributed by atoms with E-state index in [1.807, 2.05) is 11.3 Å². The SMILES string of the molecule is CCNN1CN(NC(C)C(C)C)C=NC1SC. The van der Waals surface area contributed by atoms with Crippen LogP contribution in [0.1, 0.15) is 27.7 Å². The lowest BCUT2D eigenvalue weighted by Crippen LogP contribution is -2.57. The van der Waals surface area contributed by atoms with Crippen molar-refractivity contribution in [3.63, 3.8) is 0 Å². The van der Waals surface area contributed by atoms with Gasteiger partial charge in [0.1, 0.15) is 13.0 Å². The van der Waals surface area contributed by atoms with E-state index in [1.165, 1.54) is 0 Å². The fourth-order valence-electron chi connectivity index (χ4n) is 1.49. The van der Waals surface area contributed by atoms with E-state index in [4.69, 9.17) is 0 Å². The van der Waals surface area contributed by atoms with E-state index in [9.17, 15) is 0 Å². The van der Waals surface area contributed by atoms with E-state index in [-0.39, 0.29) is 5.50 Å². The maximum Gasteiger partial charge on any atom is 0.164 e. The average Bonchev–Trinajstić information content (AvgIpc) is 2.29.